The minimum absolute atomic E-state index is 0.118. The highest BCUT2D eigenvalue weighted by molar-refractivity contribution is 7.18. The lowest BCUT2D eigenvalue weighted by Crippen LogP contribution is -2.16. The number of hydrogen-bond donors (Lipinski definition) is 1. The van der Waals surface area contributed by atoms with Crippen LogP contribution in [0.25, 0.3) is 10.2 Å². The van der Waals surface area contributed by atoms with E-state index in [0.717, 1.165) is 10.4 Å². The van der Waals surface area contributed by atoms with Crippen molar-refractivity contribution >= 4 is 38.8 Å². The van der Waals surface area contributed by atoms with Gasteiger partial charge in [0.2, 0.25) is 0 Å². The Morgan fingerprint density at radius 2 is 2.12 bits per heavy atom. The van der Waals surface area contributed by atoms with Gasteiger partial charge in [0.05, 0.1) is 15.3 Å². The Labute approximate surface area is 151 Å². The van der Waals surface area contributed by atoms with E-state index in [1.807, 2.05) is 13.8 Å². The average Bonchev–Trinajstić information content (AvgIpc) is 2.84. The number of nitrogens with one attached hydrogen (secondary N) is 1. The maximum Gasteiger partial charge on any atom is 0.271 e. The number of rotatable bonds is 4. The molecule has 0 spiro atoms. The normalized spacial score (nSPS) is 12.3. The summed E-state index contributed by atoms with van der Waals surface area (Å²) in [5, 5.41) is 11.5. The van der Waals surface area contributed by atoms with E-state index < -0.39 is 11.0 Å². The van der Waals surface area contributed by atoms with Gasteiger partial charge in [0, 0.05) is 17.0 Å². The summed E-state index contributed by atoms with van der Waals surface area (Å²) >= 11 is 7.49. The Morgan fingerprint density at radius 3 is 2.76 bits per heavy atom. The molecule has 2 heterocycles. The number of nitro benzene ring substituents is 1. The van der Waals surface area contributed by atoms with Crippen LogP contribution in [0.2, 0.25) is 5.02 Å². The fourth-order valence-corrected chi connectivity index (χ4v) is 3.67. The van der Waals surface area contributed by atoms with Crippen LogP contribution in [0.15, 0.2) is 23.0 Å². The number of aromatic amines is 1. The van der Waals surface area contributed by atoms with Crippen molar-refractivity contribution in [3.63, 3.8) is 0 Å². The summed E-state index contributed by atoms with van der Waals surface area (Å²) in [4.78, 5) is 31.5. The fraction of sp³-hybridized carbons (Fsp3) is 0.250. The van der Waals surface area contributed by atoms with Gasteiger partial charge in [0.25, 0.3) is 11.2 Å². The Morgan fingerprint density at radius 1 is 1.40 bits per heavy atom. The van der Waals surface area contributed by atoms with Gasteiger partial charge in [-0.05, 0) is 32.4 Å². The van der Waals surface area contributed by atoms with E-state index in [9.17, 15) is 14.9 Å². The fourth-order valence-electron chi connectivity index (χ4n) is 2.41. The second kappa shape index (κ2) is 6.45. The zero-order valence-corrected chi connectivity index (χ0v) is 15.2. The summed E-state index contributed by atoms with van der Waals surface area (Å²) in [5.74, 6) is 0.647. The minimum Gasteiger partial charge on any atom is -0.481 e. The van der Waals surface area contributed by atoms with Gasteiger partial charge in [0.15, 0.2) is 11.9 Å². The molecule has 25 heavy (non-hydrogen) atoms. The van der Waals surface area contributed by atoms with Crippen molar-refractivity contribution < 1.29 is 9.66 Å². The molecule has 0 aliphatic heterocycles. The first kappa shape index (κ1) is 17.4. The smallest absolute Gasteiger partial charge is 0.271 e. The van der Waals surface area contributed by atoms with E-state index in [1.165, 1.54) is 29.5 Å². The van der Waals surface area contributed by atoms with Gasteiger partial charge in [-0.2, -0.15) is 0 Å². The summed E-state index contributed by atoms with van der Waals surface area (Å²) in [5.41, 5.74) is 0.585. The van der Waals surface area contributed by atoms with Gasteiger partial charge >= 0.3 is 0 Å². The second-order valence-corrected chi connectivity index (χ2v) is 7.16. The number of H-pyrrole nitrogens is 1. The molecule has 0 fully saturated rings. The molecular weight excluding hydrogens is 366 g/mol. The molecule has 3 aromatic rings. The monoisotopic (exact) mass is 379 g/mol. The van der Waals surface area contributed by atoms with Gasteiger partial charge in [-0.15, -0.1) is 11.3 Å². The Hall–Kier alpha value is -2.45. The molecule has 0 radical (unpaired) electrons. The number of ether oxygens (including phenoxy) is 1. The highest BCUT2D eigenvalue weighted by Gasteiger charge is 2.18. The lowest BCUT2D eigenvalue weighted by atomic mass is 10.2. The van der Waals surface area contributed by atoms with Crippen LogP contribution >= 0.6 is 22.9 Å². The third-order valence-electron chi connectivity index (χ3n) is 3.87. The van der Waals surface area contributed by atoms with E-state index >= 15 is 0 Å². The molecule has 0 saturated heterocycles. The molecule has 1 N–H and O–H groups in total. The van der Waals surface area contributed by atoms with Crippen LogP contribution in [0, 0.1) is 24.0 Å². The molecule has 1 aromatic carbocycles. The number of aryl methyl sites for hydroxylation is 2. The molecule has 3 rings (SSSR count). The van der Waals surface area contributed by atoms with Gasteiger partial charge in [-0.1, -0.05) is 11.6 Å². The molecule has 0 bridgehead atoms. The zero-order chi connectivity index (χ0) is 18.3. The summed E-state index contributed by atoms with van der Waals surface area (Å²) in [7, 11) is 0. The van der Waals surface area contributed by atoms with Crippen LogP contribution in [0.5, 0.6) is 5.75 Å². The number of fused-ring (bicyclic) bond motifs is 1. The molecule has 130 valence electrons. The molecule has 9 heteroatoms. The van der Waals surface area contributed by atoms with Crippen LogP contribution < -0.4 is 10.3 Å². The number of nitrogens with zero attached hydrogens (tertiary/aromatic N) is 2. The first-order valence-corrected chi connectivity index (χ1v) is 8.58. The largest absolute Gasteiger partial charge is 0.481 e. The SMILES string of the molecule is Cc1sc2nc([C@@H](C)Oc3ccc([N+](=O)[O-])cc3Cl)[nH]c(=O)c2c1C. The van der Waals surface area contributed by atoms with Crippen molar-refractivity contribution in [3.8, 4) is 5.75 Å². The number of aromatic nitrogens is 2. The highest BCUT2D eigenvalue weighted by atomic mass is 35.5. The Bertz CT molecular complexity index is 1040. The van der Waals surface area contributed by atoms with E-state index in [2.05, 4.69) is 9.97 Å². The Balaban J connectivity index is 1.94. The standard InChI is InChI=1S/C16H14ClN3O4S/c1-7-9(3)25-16-13(7)15(21)18-14(19-16)8(2)24-12-5-4-10(20(22)23)6-11(12)17/h4-6,8H,1-3H3,(H,18,19,21)/t8-/m1/s1. The van der Waals surface area contributed by atoms with Gasteiger partial charge in [-0.3, -0.25) is 14.9 Å². The number of thiophene rings is 1. The van der Waals surface area contributed by atoms with Crippen LogP contribution in [-0.2, 0) is 0 Å². The maximum absolute atomic E-state index is 12.3. The highest BCUT2D eigenvalue weighted by Crippen LogP contribution is 2.32. The number of halogens is 1. The third kappa shape index (κ3) is 3.22. The number of hydrogen-bond acceptors (Lipinski definition) is 6. The Kier molecular flexibility index (Phi) is 4.49. The maximum atomic E-state index is 12.3. The molecule has 1 atom stereocenters. The van der Waals surface area contributed by atoms with E-state index in [0.29, 0.717) is 16.0 Å². The average molecular weight is 380 g/mol. The van der Waals surface area contributed by atoms with Crippen LogP contribution in [0.4, 0.5) is 5.69 Å². The van der Waals surface area contributed by atoms with Gasteiger partial charge in [-0.25, -0.2) is 4.98 Å². The number of non-ortho nitro benzene ring substituents is 1. The van der Waals surface area contributed by atoms with E-state index in [1.54, 1.807) is 6.92 Å². The second-order valence-electron chi connectivity index (χ2n) is 5.55. The number of nitro groups is 1. The van der Waals surface area contributed by atoms with Crippen LogP contribution in [-0.4, -0.2) is 14.9 Å². The zero-order valence-electron chi connectivity index (χ0n) is 13.6. The predicted octanol–water partition coefficient (Wildman–Crippen LogP) is 4.30. The predicted molar refractivity (Wildman–Crippen MR) is 96.9 cm³/mol. The van der Waals surface area contributed by atoms with Gasteiger partial charge < -0.3 is 9.72 Å². The minimum atomic E-state index is -0.584. The molecule has 0 aliphatic rings. The van der Waals surface area contributed by atoms with Crippen molar-refractivity contribution in [3.05, 3.63) is 60.0 Å². The van der Waals surface area contributed by atoms with Crippen molar-refractivity contribution in [2.24, 2.45) is 0 Å². The summed E-state index contributed by atoms with van der Waals surface area (Å²) in [6.45, 7) is 5.55. The molecule has 7 nitrogen and oxygen atoms in total. The lowest BCUT2D eigenvalue weighted by Gasteiger charge is -2.14. The summed E-state index contributed by atoms with van der Waals surface area (Å²) in [6.07, 6.45) is -0.584. The topological polar surface area (TPSA) is 98.1 Å². The molecule has 0 amide bonds. The first-order valence-electron chi connectivity index (χ1n) is 7.38. The molecule has 0 aliphatic carbocycles. The van der Waals surface area contributed by atoms with Crippen molar-refractivity contribution in [2.75, 3.05) is 0 Å². The van der Waals surface area contributed by atoms with Crippen LogP contribution in [0.3, 0.4) is 0 Å². The summed E-state index contributed by atoms with van der Waals surface area (Å²) in [6, 6.07) is 3.95. The van der Waals surface area contributed by atoms with Crippen molar-refractivity contribution in [2.45, 2.75) is 26.9 Å². The van der Waals surface area contributed by atoms with Crippen LogP contribution in [0.1, 0.15) is 29.3 Å². The van der Waals surface area contributed by atoms with Crippen molar-refractivity contribution in [1.82, 2.24) is 9.97 Å². The molecule has 2 aromatic heterocycles. The number of benzene rings is 1. The molecule has 0 saturated carbocycles. The van der Waals surface area contributed by atoms with Gasteiger partial charge in [0.1, 0.15) is 10.6 Å². The quantitative estimate of drug-likeness (QED) is 0.538. The molecular formula is C16H14ClN3O4S. The van der Waals surface area contributed by atoms with E-state index in [4.69, 9.17) is 16.3 Å². The third-order valence-corrected chi connectivity index (χ3v) is 5.27. The van der Waals surface area contributed by atoms with Crippen molar-refractivity contribution in [1.29, 1.82) is 0 Å². The van der Waals surface area contributed by atoms with E-state index in [-0.39, 0.29) is 22.0 Å². The first-order chi connectivity index (χ1) is 11.8. The molecule has 0 unspecified atom stereocenters. The summed E-state index contributed by atoms with van der Waals surface area (Å²) < 4.78 is 5.72. The lowest BCUT2D eigenvalue weighted by molar-refractivity contribution is -0.384.